The van der Waals surface area contributed by atoms with Crippen LogP contribution in [0.3, 0.4) is 0 Å². The van der Waals surface area contributed by atoms with Gasteiger partial charge in [0, 0.05) is 14.2 Å². The zero-order valence-corrected chi connectivity index (χ0v) is 6.64. The number of hydrogen-bond acceptors (Lipinski definition) is 2. The van der Waals surface area contributed by atoms with Crippen LogP contribution in [0.5, 0.6) is 0 Å². The van der Waals surface area contributed by atoms with Crippen LogP contribution in [0.15, 0.2) is 12.7 Å². The van der Waals surface area contributed by atoms with Gasteiger partial charge in [0.1, 0.15) is 0 Å². The Labute approximate surface area is 57.6 Å². The second-order valence-electron chi connectivity index (χ2n) is 2.07. The molecular formula is C6H14NOP. The maximum Gasteiger partial charge on any atom is 0.0225 e. The summed E-state index contributed by atoms with van der Waals surface area (Å²) in [5, 5.41) is 0. The number of hydrogen-bond donors (Lipinski definition) is 2. The van der Waals surface area contributed by atoms with Gasteiger partial charge in [-0.25, -0.2) is 0 Å². The molecule has 2 unspecified atom stereocenters. The Hall–Kier alpha value is 0.0900. The van der Waals surface area contributed by atoms with Crippen molar-refractivity contribution < 1.29 is 4.89 Å². The molecule has 2 atom stereocenters. The summed E-state index contributed by atoms with van der Waals surface area (Å²) < 4.78 is 0. The minimum Gasteiger partial charge on any atom is -0.374 e. The molecule has 0 aromatic rings. The zero-order chi connectivity index (χ0) is 7.28. The lowest BCUT2D eigenvalue weighted by atomic mass is 10.2. The van der Waals surface area contributed by atoms with Crippen molar-refractivity contribution >= 4 is 8.15 Å². The fourth-order valence-electron chi connectivity index (χ4n) is 0.454. The van der Waals surface area contributed by atoms with Crippen molar-refractivity contribution in [2.45, 2.75) is 12.5 Å². The summed E-state index contributed by atoms with van der Waals surface area (Å²) >= 11 is 0. The van der Waals surface area contributed by atoms with E-state index in [1.807, 2.05) is 6.66 Å². The first-order valence-electron chi connectivity index (χ1n) is 2.95. The standard InChI is InChI=1S/C6H14NOP/c1-3-6(7)4-5-9(2)8/h3,6,8H,1,4-5,7H2,2H3. The highest BCUT2D eigenvalue weighted by molar-refractivity contribution is 7.50. The minimum atomic E-state index is -0.766. The van der Waals surface area contributed by atoms with Gasteiger partial charge < -0.3 is 10.6 Å². The van der Waals surface area contributed by atoms with E-state index in [0.29, 0.717) is 0 Å². The Morgan fingerprint density at radius 3 is 2.78 bits per heavy atom. The van der Waals surface area contributed by atoms with E-state index in [1.165, 1.54) is 0 Å². The van der Waals surface area contributed by atoms with E-state index < -0.39 is 8.15 Å². The highest BCUT2D eigenvalue weighted by Gasteiger charge is 1.98. The van der Waals surface area contributed by atoms with Gasteiger partial charge in [-0.05, 0) is 19.2 Å². The van der Waals surface area contributed by atoms with Crippen LogP contribution in [0.25, 0.3) is 0 Å². The Morgan fingerprint density at radius 1 is 1.89 bits per heavy atom. The van der Waals surface area contributed by atoms with Gasteiger partial charge in [0.05, 0.1) is 0 Å². The zero-order valence-electron chi connectivity index (χ0n) is 5.75. The van der Waals surface area contributed by atoms with E-state index in [1.54, 1.807) is 6.08 Å². The van der Waals surface area contributed by atoms with Gasteiger partial charge >= 0.3 is 0 Å². The van der Waals surface area contributed by atoms with Crippen molar-refractivity contribution in [1.29, 1.82) is 0 Å². The summed E-state index contributed by atoms with van der Waals surface area (Å²) in [6.07, 6.45) is 3.38. The van der Waals surface area contributed by atoms with Crippen molar-refractivity contribution in [2.75, 3.05) is 12.8 Å². The van der Waals surface area contributed by atoms with E-state index in [9.17, 15) is 0 Å². The van der Waals surface area contributed by atoms with Crippen molar-refractivity contribution in [3.63, 3.8) is 0 Å². The summed E-state index contributed by atoms with van der Waals surface area (Å²) in [5.41, 5.74) is 5.50. The van der Waals surface area contributed by atoms with Crippen LogP contribution in [0, 0.1) is 0 Å². The number of nitrogens with two attached hydrogens (primary N) is 1. The molecule has 0 aromatic carbocycles. The van der Waals surface area contributed by atoms with E-state index in [0.717, 1.165) is 12.6 Å². The largest absolute Gasteiger partial charge is 0.374 e. The van der Waals surface area contributed by atoms with Gasteiger partial charge in [0.2, 0.25) is 0 Å². The molecule has 0 aromatic heterocycles. The highest BCUT2D eigenvalue weighted by atomic mass is 31.1. The summed E-state index contributed by atoms with van der Waals surface area (Å²) in [6.45, 7) is 5.36. The topological polar surface area (TPSA) is 46.2 Å². The van der Waals surface area contributed by atoms with Crippen molar-refractivity contribution in [3.05, 3.63) is 12.7 Å². The molecule has 3 heteroatoms. The van der Waals surface area contributed by atoms with Gasteiger partial charge in [-0.3, -0.25) is 0 Å². The Bertz CT molecular complexity index is 85.1. The molecule has 54 valence electrons. The van der Waals surface area contributed by atoms with Gasteiger partial charge in [0.25, 0.3) is 0 Å². The second-order valence-corrected chi connectivity index (χ2v) is 3.83. The summed E-state index contributed by atoms with van der Waals surface area (Å²) in [4.78, 5) is 8.87. The van der Waals surface area contributed by atoms with Crippen LogP contribution in [0.2, 0.25) is 0 Å². The van der Waals surface area contributed by atoms with Gasteiger partial charge in [-0.15, -0.1) is 6.58 Å². The van der Waals surface area contributed by atoms with Crippen LogP contribution >= 0.6 is 8.15 Å². The molecule has 0 aliphatic carbocycles. The third-order valence-electron chi connectivity index (χ3n) is 1.09. The first-order chi connectivity index (χ1) is 4.16. The van der Waals surface area contributed by atoms with Crippen LogP contribution in [0.1, 0.15) is 6.42 Å². The Kier molecular flexibility index (Phi) is 4.97. The maximum absolute atomic E-state index is 8.87. The average Bonchev–Trinajstić information content (AvgIpc) is 1.83. The quantitative estimate of drug-likeness (QED) is 0.458. The lowest BCUT2D eigenvalue weighted by Gasteiger charge is -2.06. The molecule has 0 saturated carbocycles. The fourth-order valence-corrected chi connectivity index (χ4v) is 1.13. The predicted octanol–water partition coefficient (Wildman–Crippen LogP) is 0.909. The summed E-state index contributed by atoms with van der Waals surface area (Å²) in [6, 6.07) is 0.0575. The highest BCUT2D eigenvalue weighted by Crippen LogP contribution is 2.24. The molecule has 9 heavy (non-hydrogen) atoms. The minimum absolute atomic E-state index is 0.0575. The number of rotatable bonds is 4. The first-order valence-corrected chi connectivity index (χ1v) is 4.87. The van der Waals surface area contributed by atoms with Crippen LogP contribution < -0.4 is 5.73 Å². The van der Waals surface area contributed by atoms with Gasteiger partial charge in [-0.2, -0.15) is 0 Å². The monoisotopic (exact) mass is 147 g/mol. The molecule has 0 spiro atoms. The van der Waals surface area contributed by atoms with Crippen LogP contribution in [-0.2, 0) is 0 Å². The summed E-state index contributed by atoms with van der Waals surface area (Å²) in [7, 11) is -0.766. The Morgan fingerprint density at radius 2 is 2.44 bits per heavy atom. The molecule has 0 radical (unpaired) electrons. The Balaban J connectivity index is 3.16. The molecule has 3 N–H and O–H groups in total. The molecule has 0 rings (SSSR count). The normalized spacial score (nSPS) is 16.8. The van der Waals surface area contributed by atoms with Crippen molar-refractivity contribution in [1.82, 2.24) is 0 Å². The molecule has 0 aliphatic rings. The van der Waals surface area contributed by atoms with E-state index in [4.69, 9.17) is 10.6 Å². The smallest absolute Gasteiger partial charge is 0.0225 e. The van der Waals surface area contributed by atoms with E-state index in [-0.39, 0.29) is 6.04 Å². The third-order valence-corrected chi connectivity index (χ3v) is 1.99. The second kappa shape index (κ2) is 4.92. The first kappa shape index (κ1) is 9.09. The van der Waals surface area contributed by atoms with Gasteiger partial charge in [0.15, 0.2) is 0 Å². The lowest BCUT2D eigenvalue weighted by Crippen LogP contribution is -2.17. The van der Waals surface area contributed by atoms with Crippen LogP contribution in [0.4, 0.5) is 0 Å². The summed E-state index contributed by atoms with van der Waals surface area (Å²) in [5.74, 6) is 0. The van der Waals surface area contributed by atoms with Crippen molar-refractivity contribution in [3.8, 4) is 0 Å². The maximum atomic E-state index is 8.87. The van der Waals surface area contributed by atoms with Crippen LogP contribution in [-0.4, -0.2) is 23.8 Å². The molecule has 0 heterocycles. The predicted molar refractivity (Wildman–Crippen MR) is 42.7 cm³/mol. The molecule has 2 nitrogen and oxygen atoms in total. The van der Waals surface area contributed by atoms with E-state index >= 15 is 0 Å². The molecule has 0 saturated heterocycles. The average molecular weight is 147 g/mol. The molecular weight excluding hydrogens is 133 g/mol. The van der Waals surface area contributed by atoms with Gasteiger partial charge in [-0.1, -0.05) is 6.08 Å². The molecule has 0 aliphatic heterocycles. The van der Waals surface area contributed by atoms with Crippen molar-refractivity contribution in [2.24, 2.45) is 5.73 Å². The molecule has 0 bridgehead atoms. The fraction of sp³-hybridized carbons (Fsp3) is 0.667. The molecule has 0 amide bonds. The van der Waals surface area contributed by atoms with E-state index in [2.05, 4.69) is 6.58 Å². The SMILES string of the molecule is C=CC(N)CCP(C)O. The molecule has 0 fully saturated rings. The lowest BCUT2D eigenvalue weighted by molar-refractivity contribution is 0.622. The third kappa shape index (κ3) is 5.97.